The highest BCUT2D eigenvalue weighted by molar-refractivity contribution is 6.48. The highest BCUT2D eigenvalue weighted by Gasteiger charge is 2.68. The zero-order chi connectivity index (χ0) is 30.6. The molecule has 12 heteroatoms. The monoisotopic (exact) mass is 580 g/mol. The van der Waals surface area contributed by atoms with E-state index in [0.717, 1.165) is 18.4 Å². The highest BCUT2D eigenvalue weighted by Crippen LogP contribution is 2.66. The van der Waals surface area contributed by atoms with Crippen LogP contribution in [0.3, 0.4) is 0 Å². The van der Waals surface area contributed by atoms with E-state index in [1.807, 2.05) is 26.8 Å². The minimum atomic E-state index is -0.763. The highest BCUT2D eigenvalue weighted by atomic mass is 16.7. The number of esters is 1. The molecule has 5 atom stereocenters. The molecule has 42 heavy (non-hydrogen) atoms. The predicted octanol–water partition coefficient (Wildman–Crippen LogP) is 3.64. The van der Waals surface area contributed by atoms with Crippen LogP contribution >= 0.6 is 0 Å². The molecule has 1 aromatic carbocycles. The summed E-state index contributed by atoms with van der Waals surface area (Å²) in [6, 6.07) is 5.33. The Morgan fingerprint density at radius 3 is 2.57 bits per heavy atom. The molecule has 0 spiro atoms. The van der Waals surface area contributed by atoms with Crippen LogP contribution in [-0.4, -0.2) is 64.0 Å². The number of rotatable bonds is 10. The smallest absolute Gasteiger partial charge is 0.461 e. The molecule has 226 valence electrons. The van der Waals surface area contributed by atoms with Crippen LogP contribution in [0.15, 0.2) is 24.5 Å². The molecule has 3 saturated carbocycles. The number of hydrogen-bond acceptors (Lipinski definition) is 9. The van der Waals surface area contributed by atoms with Crippen molar-refractivity contribution in [3.05, 3.63) is 41.5 Å². The lowest BCUT2D eigenvalue weighted by molar-refractivity contribution is -0.199. The fourth-order valence-electron chi connectivity index (χ4n) is 7.15. The molecule has 1 amide bonds. The number of primary amides is 1. The summed E-state index contributed by atoms with van der Waals surface area (Å²) in [5.74, 6) is -0.578. The van der Waals surface area contributed by atoms with Crippen molar-refractivity contribution in [1.29, 1.82) is 0 Å². The van der Waals surface area contributed by atoms with Crippen LogP contribution in [0.1, 0.15) is 87.3 Å². The van der Waals surface area contributed by atoms with E-state index in [0.29, 0.717) is 29.6 Å². The van der Waals surface area contributed by atoms with Gasteiger partial charge in [0.05, 0.1) is 18.8 Å². The van der Waals surface area contributed by atoms with Gasteiger partial charge in [0.1, 0.15) is 29.8 Å². The van der Waals surface area contributed by atoms with E-state index in [2.05, 4.69) is 30.9 Å². The van der Waals surface area contributed by atoms with Crippen molar-refractivity contribution in [1.82, 2.24) is 14.8 Å². The maximum atomic E-state index is 13.4. The van der Waals surface area contributed by atoms with Crippen LogP contribution in [-0.2, 0) is 31.8 Å². The molecule has 0 radical (unpaired) electrons. The summed E-state index contributed by atoms with van der Waals surface area (Å²) in [5.41, 5.74) is 5.37. The number of carbonyl (C=O) groups excluding carboxylic acids is 3. The number of nitrogens with two attached hydrogens (primary N) is 1. The summed E-state index contributed by atoms with van der Waals surface area (Å²) in [6.45, 7) is 12.1. The minimum Gasteiger partial charge on any atom is -0.496 e. The van der Waals surface area contributed by atoms with Gasteiger partial charge in [-0.25, -0.2) is 14.5 Å². The van der Waals surface area contributed by atoms with E-state index in [1.165, 1.54) is 18.1 Å². The number of carbonyl (C=O) groups is 3. The summed E-state index contributed by atoms with van der Waals surface area (Å²) >= 11 is 0. The summed E-state index contributed by atoms with van der Waals surface area (Å²) in [5, 5.41) is 4.00. The second-order valence-corrected chi connectivity index (χ2v) is 13.7. The van der Waals surface area contributed by atoms with Crippen molar-refractivity contribution in [2.24, 2.45) is 23.0 Å². The summed E-state index contributed by atoms with van der Waals surface area (Å²) in [4.78, 5) is 41.7. The van der Waals surface area contributed by atoms with Crippen LogP contribution in [0.4, 0.5) is 0 Å². The topological polar surface area (TPSA) is 145 Å². The molecule has 4 aliphatic rings. The molecular formula is C30H41BN4O7. The van der Waals surface area contributed by atoms with Crippen LogP contribution in [0.2, 0.25) is 5.82 Å². The number of aromatic nitrogens is 3. The van der Waals surface area contributed by atoms with Crippen LogP contribution in [0.5, 0.6) is 5.75 Å². The maximum Gasteiger partial charge on any atom is 0.461 e. The van der Waals surface area contributed by atoms with E-state index >= 15 is 0 Å². The number of para-hydroxylation sites is 1. The summed E-state index contributed by atoms with van der Waals surface area (Å²) in [7, 11) is 0.882. The maximum absolute atomic E-state index is 13.4. The first-order valence-corrected chi connectivity index (χ1v) is 14.6. The van der Waals surface area contributed by atoms with Gasteiger partial charge in [-0.3, -0.25) is 9.59 Å². The minimum absolute atomic E-state index is 0.0553. The molecule has 4 fully saturated rings. The van der Waals surface area contributed by atoms with Crippen LogP contribution in [0, 0.1) is 17.3 Å². The van der Waals surface area contributed by atoms with Crippen molar-refractivity contribution < 1.29 is 33.2 Å². The van der Waals surface area contributed by atoms with Gasteiger partial charge in [-0.1, -0.05) is 26.0 Å². The van der Waals surface area contributed by atoms with Gasteiger partial charge in [-0.15, -0.1) is 5.10 Å². The van der Waals surface area contributed by atoms with Crippen molar-refractivity contribution >= 4 is 24.8 Å². The quantitative estimate of drug-likeness (QED) is 0.329. The fraction of sp³-hybridized carbons (Fsp3) is 0.633. The van der Waals surface area contributed by atoms with Crippen LogP contribution < -0.4 is 10.5 Å². The average molecular weight is 580 g/mol. The van der Waals surface area contributed by atoms with Crippen molar-refractivity contribution in [3.8, 4) is 5.75 Å². The molecule has 6 rings (SSSR count). The van der Waals surface area contributed by atoms with Crippen molar-refractivity contribution in [3.63, 3.8) is 0 Å². The fourth-order valence-corrected chi connectivity index (χ4v) is 7.15. The summed E-state index contributed by atoms with van der Waals surface area (Å²) < 4.78 is 26.0. The standard InChI is InChI=1S/C30H41BN4O7/c1-28(2,3)40-27(38)21-10-8-9-17(24(21)39-7)11-19(14-20(36)15-35-16-33-26(34-35)25(32)37)31-41-23-13-18-12-22(29(18,4)5)30(23,6)42-31/h8-10,16,18-19,22-23H,11-15H2,1-7H3,(H2,32,37)/t18-,19+,22-,23+,30-/m0/s1. The van der Waals surface area contributed by atoms with Crippen molar-refractivity contribution in [2.75, 3.05) is 7.11 Å². The second-order valence-electron chi connectivity index (χ2n) is 13.7. The predicted molar refractivity (Wildman–Crippen MR) is 154 cm³/mol. The molecule has 2 heterocycles. The Bertz CT molecular complexity index is 1390. The molecule has 2 aromatic rings. The van der Waals surface area contributed by atoms with Crippen molar-refractivity contribution in [2.45, 2.75) is 96.9 Å². The molecule has 11 nitrogen and oxygen atoms in total. The van der Waals surface area contributed by atoms with Gasteiger partial charge in [0.2, 0.25) is 5.82 Å². The third-order valence-corrected chi connectivity index (χ3v) is 9.34. The molecule has 1 aliphatic heterocycles. The zero-order valence-electron chi connectivity index (χ0n) is 25.5. The average Bonchev–Trinajstić information content (AvgIpc) is 3.50. The van der Waals surface area contributed by atoms with Gasteiger partial charge in [-0.2, -0.15) is 0 Å². The normalized spacial score (nSPS) is 26.6. The Labute approximate surface area is 246 Å². The Balaban J connectivity index is 1.42. The van der Waals surface area contributed by atoms with Gasteiger partial charge < -0.3 is 24.5 Å². The van der Waals surface area contributed by atoms with Gasteiger partial charge in [-0.05, 0) is 75.8 Å². The first-order chi connectivity index (χ1) is 19.6. The number of methoxy groups -OCH3 is 1. The Hall–Kier alpha value is -3.25. The number of Topliss-reactive ketones (excluding diaryl/α,β-unsaturated/α-hetero) is 1. The number of benzene rings is 1. The number of ketones is 1. The lowest BCUT2D eigenvalue weighted by Crippen LogP contribution is -2.65. The zero-order valence-corrected chi connectivity index (χ0v) is 25.5. The number of nitrogens with zero attached hydrogens (tertiary/aromatic N) is 3. The van der Waals surface area contributed by atoms with E-state index in [1.54, 1.807) is 12.1 Å². The van der Waals surface area contributed by atoms with Crippen LogP contribution in [0.25, 0.3) is 0 Å². The first kappa shape index (κ1) is 30.2. The molecule has 1 aromatic heterocycles. The third kappa shape index (κ3) is 5.58. The van der Waals surface area contributed by atoms with E-state index in [-0.39, 0.29) is 41.9 Å². The third-order valence-electron chi connectivity index (χ3n) is 9.34. The van der Waals surface area contributed by atoms with E-state index in [9.17, 15) is 14.4 Å². The largest absolute Gasteiger partial charge is 0.496 e. The molecule has 2 bridgehead atoms. The SMILES string of the molecule is COc1c(C[C@H](CC(=O)Cn2cnc(C(N)=O)n2)B2O[C@@H]3C[C@@H]4C[C@@H](C4(C)C)[C@]3(C)O2)cccc1C(=O)OC(C)(C)C. The van der Waals surface area contributed by atoms with E-state index in [4.69, 9.17) is 24.5 Å². The first-order valence-electron chi connectivity index (χ1n) is 14.6. The van der Waals surface area contributed by atoms with Gasteiger partial charge in [0.15, 0.2) is 5.78 Å². The molecule has 3 aliphatic carbocycles. The second kappa shape index (κ2) is 10.8. The van der Waals surface area contributed by atoms with E-state index < -0.39 is 30.2 Å². The lowest BCUT2D eigenvalue weighted by Gasteiger charge is -2.64. The Morgan fingerprint density at radius 2 is 1.95 bits per heavy atom. The number of ether oxygens (including phenoxy) is 2. The Morgan fingerprint density at radius 1 is 1.21 bits per heavy atom. The number of amides is 1. The molecule has 0 unspecified atom stereocenters. The van der Waals surface area contributed by atoms with Gasteiger partial charge in [0.25, 0.3) is 5.91 Å². The molecule has 2 N–H and O–H groups in total. The summed E-state index contributed by atoms with van der Waals surface area (Å²) in [6.07, 6.45) is 3.76. The van der Waals surface area contributed by atoms with Gasteiger partial charge in [0, 0.05) is 12.2 Å². The van der Waals surface area contributed by atoms with Gasteiger partial charge >= 0.3 is 13.1 Å². The molecular weight excluding hydrogens is 539 g/mol. The lowest BCUT2D eigenvalue weighted by atomic mass is 9.43. The molecule has 1 saturated heterocycles. The Kier molecular flexibility index (Phi) is 7.76. The number of hydrogen-bond donors (Lipinski definition) is 1.